The van der Waals surface area contributed by atoms with Crippen molar-refractivity contribution in [2.75, 3.05) is 0 Å². The van der Waals surface area contributed by atoms with Crippen molar-refractivity contribution < 1.29 is 9.90 Å². The van der Waals surface area contributed by atoms with Crippen LogP contribution in [0.2, 0.25) is 0 Å². The van der Waals surface area contributed by atoms with Gasteiger partial charge in [-0.2, -0.15) is 5.10 Å². The second kappa shape index (κ2) is 5.97. The summed E-state index contributed by atoms with van der Waals surface area (Å²) in [7, 11) is 0. The van der Waals surface area contributed by atoms with E-state index in [0.717, 1.165) is 16.7 Å². The molecule has 1 aromatic carbocycles. The van der Waals surface area contributed by atoms with Crippen LogP contribution in [0.15, 0.2) is 41.8 Å². The second-order valence-electron chi connectivity index (χ2n) is 4.43. The van der Waals surface area contributed by atoms with Crippen LogP contribution in [0, 0.1) is 13.8 Å². The molecule has 0 unspecified atom stereocenters. The van der Waals surface area contributed by atoms with Crippen LogP contribution in [0.25, 0.3) is 0 Å². The Morgan fingerprint density at radius 3 is 2.45 bits per heavy atom. The zero-order valence-electron chi connectivity index (χ0n) is 11.3. The predicted molar refractivity (Wildman–Crippen MR) is 76.9 cm³/mol. The number of nitrogens with one attached hydrogen (secondary N) is 1. The predicted octanol–water partition coefficient (Wildman–Crippen LogP) is 2.17. The Morgan fingerprint density at radius 2 is 1.85 bits per heavy atom. The summed E-state index contributed by atoms with van der Waals surface area (Å²) in [5.41, 5.74) is 5.61. The summed E-state index contributed by atoms with van der Waals surface area (Å²) in [6, 6.07) is 6.53. The number of aryl methyl sites for hydroxylation is 2. The quantitative estimate of drug-likeness (QED) is 0.662. The minimum atomic E-state index is -0.294. The number of nitrogens with zero attached hydrogens (tertiary/aromatic N) is 2. The Morgan fingerprint density at radius 1 is 1.25 bits per heavy atom. The topological polar surface area (TPSA) is 74.6 Å². The highest BCUT2D eigenvalue weighted by Gasteiger charge is 2.04. The van der Waals surface area contributed by atoms with Gasteiger partial charge in [0.2, 0.25) is 0 Å². The van der Waals surface area contributed by atoms with Crippen molar-refractivity contribution in [1.29, 1.82) is 0 Å². The third-order valence-corrected chi connectivity index (χ3v) is 2.88. The van der Waals surface area contributed by atoms with Crippen molar-refractivity contribution in [3.05, 3.63) is 58.9 Å². The monoisotopic (exact) mass is 269 g/mol. The molecule has 0 saturated carbocycles. The minimum absolute atomic E-state index is 0.220. The first-order valence-corrected chi connectivity index (χ1v) is 6.11. The number of pyridine rings is 1. The van der Waals surface area contributed by atoms with E-state index in [0.29, 0.717) is 5.56 Å². The van der Waals surface area contributed by atoms with E-state index < -0.39 is 0 Å². The van der Waals surface area contributed by atoms with Gasteiger partial charge in [0.15, 0.2) is 0 Å². The van der Waals surface area contributed by atoms with Gasteiger partial charge in [0.05, 0.1) is 6.21 Å². The van der Waals surface area contributed by atoms with Crippen LogP contribution in [-0.4, -0.2) is 22.2 Å². The molecule has 1 aromatic heterocycles. The van der Waals surface area contributed by atoms with E-state index in [4.69, 9.17) is 0 Å². The molecule has 0 aliphatic heterocycles. The van der Waals surface area contributed by atoms with Crippen molar-refractivity contribution in [3.8, 4) is 5.75 Å². The zero-order chi connectivity index (χ0) is 14.5. The normalized spacial score (nSPS) is 10.7. The molecule has 0 aliphatic rings. The highest BCUT2D eigenvalue weighted by Crippen LogP contribution is 2.18. The van der Waals surface area contributed by atoms with E-state index in [9.17, 15) is 9.90 Å². The summed E-state index contributed by atoms with van der Waals surface area (Å²) < 4.78 is 0. The van der Waals surface area contributed by atoms with Gasteiger partial charge < -0.3 is 5.11 Å². The summed E-state index contributed by atoms with van der Waals surface area (Å²) >= 11 is 0. The van der Waals surface area contributed by atoms with Crippen LogP contribution in [-0.2, 0) is 0 Å². The first-order valence-electron chi connectivity index (χ1n) is 6.11. The van der Waals surface area contributed by atoms with Crippen LogP contribution in [0.5, 0.6) is 5.75 Å². The molecule has 0 bridgehead atoms. The smallest absolute Gasteiger partial charge is 0.271 e. The second-order valence-corrected chi connectivity index (χ2v) is 4.43. The molecule has 0 fully saturated rings. The molecule has 5 nitrogen and oxygen atoms in total. The van der Waals surface area contributed by atoms with Gasteiger partial charge >= 0.3 is 0 Å². The Kier molecular flexibility index (Phi) is 4.10. The molecule has 2 aromatic rings. The number of carbonyl (C=O) groups is 1. The molecule has 2 rings (SSSR count). The maximum absolute atomic E-state index is 11.8. The molecular weight excluding hydrogens is 254 g/mol. The average Bonchev–Trinajstić information content (AvgIpc) is 2.42. The van der Waals surface area contributed by atoms with Gasteiger partial charge in [-0.3, -0.25) is 9.78 Å². The number of aromatic nitrogens is 1. The van der Waals surface area contributed by atoms with E-state index in [-0.39, 0.29) is 11.7 Å². The molecule has 0 radical (unpaired) electrons. The van der Waals surface area contributed by atoms with Gasteiger partial charge in [-0.05, 0) is 49.2 Å². The van der Waals surface area contributed by atoms with Gasteiger partial charge in [-0.1, -0.05) is 0 Å². The highest BCUT2D eigenvalue weighted by atomic mass is 16.3. The third kappa shape index (κ3) is 3.20. The number of carbonyl (C=O) groups excluding carboxylic acids is 1. The standard InChI is InChI=1S/C15H15N3O2/c1-10-7-13(19)8-11(2)14(10)9-17-18-15(20)12-3-5-16-6-4-12/h3-9,19H,1-2H3,(H,18,20)/b17-9+. The number of hydrogen-bond donors (Lipinski definition) is 2. The molecule has 0 aliphatic carbocycles. The van der Waals surface area contributed by atoms with Crippen LogP contribution < -0.4 is 5.43 Å². The van der Waals surface area contributed by atoms with E-state index in [1.807, 2.05) is 13.8 Å². The van der Waals surface area contributed by atoms with Gasteiger partial charge in [0.1, 0.15) is 5.75 Å². The molecular formula is C15H15N3O2. The molecule has 0 saturated heterocycles. The number of rotatable bonds is 3. The number of amides is 1. The maximum Gasteiger partial charge on any atom is 0.271 e. The van der Waals surface area contributed by atoms with Crippen molar-refractivity contribution in [3.63, 3.8) is 0 Å². The highest BCUT2D eigenvalue weighted by molar-refractivity contribution is 5.95. The largest absolute Gasteiger partial charge is 0.508 e. The van der Waals surface area contributed by atoms with Gasteiger partial charge in [0.25, 0.3) is 5.91 Å². The van der Waals surface area contributed by atoms with E-state index in [2.05, 4.69) is 15.5 Å². The first-order chi connectivity index (χ1) is 9.58. The van der Waals surface area contributed by atoms with E-state index >= 15 is 0 Å². The van der Waals surface area contributed by atoms with Crippen molar-refractivity contribution >= 4 is 12.1 Å². The van der Waals surface area contributed by atoms with Gasteiger partial charge in [-0.25, -0.2) is 5.43 Å². The Bertz CT molecular complexity index is 628. The molecule has 0 atom stereocenters. The summed E-state index contributed by atoms with van der Waals surface area (Å²) in [4.78, 5) is 15.6. The molecule has 20 heavy (non-hydrogen) atoms. The van der Waals surface area contributed by atoms with Crippen LogP contribution in [0.3, 0.4) is 0 Å². The fourth-order valence-electron chi connectivity index (χ4n) is 1.88. The van der Waals surface area contributed by atoms with Crippen molar-refractivity contribution in [2.45, 2.75) is 13.8 Å². The lowest BCUT2D eigenvalue weighted by Crippen LogP contribution is -2.17. The molecule has 1 heterocycles. The maximum atomic E-state index is 11.8. The van der Waals surface area contributed by atoms with Crippen LogP contribution >= 0.6 is 0 Å². The lowest BCUT2D eigenvalue weighted by atomic mass is 10.0. The number of hydrazone groups is 1. The summed E-state index contributed by atoms with van der Waals surface area (Å²) in [5.74, 6) is -0.0734. The lowest BCUT2D eigenvalue weighted by molar-refractivity contribution is 0.0955. The number of phenols is 1. The van der Waals surface area contributed by atoms with E-state index in [1.54, 1.807) is 42.9 Å². The summed E-state index contributed by atoms with van der Waals surface area (Å²) in [5, 5.41) is 13.4. The molecule has 1 amide bonds. The van der Waals surface area contributed by atoms with Crippen LogP contribution in [0.1, 0.15) is 27.0 Å². The molecule has 0 spiro atoms. The number of aromatic hydroxyl groups is 1. The first kappa shape index (κ1) is 13.7. The zero-order valence-corrected chi connectivity index (χ0v) is 11.3. The lowest BCUT2D eigenvalue weighted by Gasteiger charge is -2.05. The fraction of sp³-hybridized carbons (Fsp3) is 0.133. The Hall–Kier alpha value is -2.69. The van der Waals surface area contributed by atoms with Gasteiger partial charge in [0, 0.05) is 23.5 Å². The SMILES string of the molecule is Cc1cc(O)cc(C)c1/C=N/NC(=O)c1ccncc1. The molecule has 5 heteroatoms. The Labute approximate surface area is 117 Å². The van der Waals surface area contributed by atoms with E-state index in [1.165, 1.54) is 0 Å². The Balaban J connectivity index is 2.10. The van der Waals surface area contributed by atoms with Gasteiger partial charge in [-0.15, -0.1) is 0 Å². The summed E-state index contributed by atoms with van der Waals surface area (Å²) in [6.07, 6.45) is 4.67. The van der Waals surface area contributed by atoms with Crippen molar-refractivity contribution in [2.24, 2.45) is 5.10 Å². The number of benzene rings is 1. The minimum Gasteiger partial charge on any atom is -0.508 e. The fourth-order valence-corrected chi connectivity index (χ4v) is 1.88. The number of hydrogen-bond acceptors (Lipinski definition) is 4. The summed E-state index contributed by atoms with van der Waals surface area (Å²) in [6.45, 7) is 3.75. The van der Waals surface area contributed by atoms with Crippen molar-refractivity contribution in [1.82, 2.24) is 10.4 Å². The van der Waals surface area contributed by atoms with Crippen LogP contribution in [0.4, 0.5) is 0 Å². The number of phenolic OH excluding ortho intramolecular Hbond substituents is 1. The molecule has 102 valence electrons. The molecule has 2 N–H and O–H groups in total. The third-order valence-electron chi connectivity index (χ3n) is 2.88. The average molecular weight is 269 g/mol.